The van der Waals surface area contributed by atoms with Crippen molar-refractivity contribution >= 4 is 11.9 Å². The van der Waals surface area contributed by atoms with Crippen LogP contribution in [0.2, 0.25) is 0 Å². The molecule has 0 saturated heterocycles. The molecule has 0 aromatic heterocycles. The van der Waals surface area contributed by atoms with Crippen molar-refractivity contribution in [2.45, 2.75) is 58.7 Å². The Bertz CT molecular complexity index is 1820. The maximum absolute atomic E-state index is 12.9. The molecule has 3 aromatic rings. The molecule has 0 radical (unpaired) electrons. The van der Waals surface area contributed by atoms with E-state index in [0.717, 1.165) is 5.56 Å². The Morgan fingerprint density at radius 3 is 1.91 bits per heavy atom. The summed E-state index contributed by atoms with van der Waals surface area (Å²) in [5, 5.41) is 35.1. The molecule has 10 nitrogen and oxygen atoms in total. The Hall–Kier alpha value is -4.86. The Labute approximate surface area is 254 Å². The summed E-state index contributed by atoms with van der Waals surface area (Å²) in [6.07, 6.45) is 1.81. The Kier molecular flexibility index (Phi) is 6.36. The van der Waals surface area contributed by atoms with Crippen molar-refractivity contribution in [2.24, 2.45) is 5.92 Å². The number of rotatable bonds is 3. The number of ether oxygens (including phenoxy) is 5. The van der Waals surface area contributed by atoms with Crippen LogP contribution in [0.4, 0.5) is 0 Å². The highest BCUT2D eigenvalue weighted by Gasteiger charge is 2.63. The lowest BCUT2D eigenvalue weighted by Crippen LogP contribution is -2.61. The number of allylic oxidation sites excluding steroid dienone is 2. The number of fused-ring (bicyclic) bond motifs is 7. The summed E-state index contributed by atoms with van der Waals surface area (Å²) in [7, 11) is 2.46. The van der Waals surface area contributed by atoms with Gasteiger partial charge in [0.2, 0.25) is 0 Å². The maximum atomic E-state index is 12.9. The standard InChI is InChI=1S/C34H34O10/c1-14-9-18(35)24-19(10-14)43-34(6)30(26(24)25-20(44-34)11-15(2)22(28(25)36)31(38)40-7)33(5)13-17(4)42-21-12-16(3)23(32(39)41-8)29(37)27(21)33/h9-13,26,30,35-37H,1-8H3/t26-,30-,33+,34+/m1/s1. The number of methoxy groups -OCH3 is 2. The molecule has 0 fully saturated rings. The van der Waals surface area contributed by atoms with Crippen molar-refractivity contribution < 1.29 is 48.6 Å². The molecule has 3 aliphatic rings. The van der Waals surface area contributed by atoms with E-state index in [1.807, 2.05) is 19.9 Å². The van der Waals surface area contributed by atoms with Crippen LogP contribution in [0.5, 0.6) is 34.5 Å². The fraction of sp³-hybridized carbons (Fsp3) is 0.353. The Morgan fingerprint density at radius 1 is 0.773 bits per heavy atom. The van der Waals surface area contributed by atoms with Crippen molar-refractivity contribution in [1.82, 2.24) is 0 Å². The largest absolute Gasteiger partial charge is 0.507 e. The number of hydrogen-bond acceptors (Lipinski definition) is 10. The summed E-state index contributed by atoms with van der Waals surface area (Å²) in [6, 6.07) is 6.67. The number of carbonyl (C=O) groups is 2. The van der Waals surface area contributed by atoms with E-state index in [2.05, 4.69) is 0 Å². The highest BCUT2D eigenvalue weighted by molar-refractivity contribution is 5.96. The van der Waals surface area contributed by atoms with E-state index in [4.69, 9.17) is 23.7 Å². The summed E-state index contributed by atoms with van der Waals surface area (Å²) in [6.45, 7) is 10.5. The molecule has 44 heavy (non-hydrogen) atoms. The summed E-state index contributed by atoms with van der Waals surface area (Å²) in [5.74, 6) is -3.91. The SMILES string of the molecule is COC(=O)c1c(C)cc2c(c1O)[C@H]1c3c(O)cc(C)cc3O[C@@](C)(O2)[C@H]1[C@@]1(C)C=C(C)Oc2cc(C)c(C(=O)OC)c(O)c21. The van der Waals surface area contributed by atoms with Crippen molar-refractivity contribution in [3.8, 4) is 34.5 Å². The van der Waals surface area contributed by atoms with Crippen LogP contribution in [0.15, 0.2) is 36.1 Å². The predicted octanol–water partition coefficient (Wildman–Crippen LogP) is 5.81. The van der Waals surface area contributed by atoms with Gasteiger partial charge >= 0.3 is 11.9 Å². The van der Waals surface area contributed by atoms with Gasteiger partial charge in [0.05, 0.1) is 25.9 Å². The minimum atomic E-state index is -1.46. The highest BCUT2D eigenvalue weighted by Crippen LogP contribution is 2.66. The zero-order valence-corrected chi connectivity index (χ0v) is 25.7. The lowest BCUT2D eigenvalue weighted by atomic mass is 9.57. The van der Waals surface area contributed by atoms with E-state index >= 15 is 0 Å². The van der Waals surface area contributed by atoms with Crippen LogP contribution in [-0.2, 0) is 14.9 Å². The summed E-state index contributed by atoms with van der Waals surface area (Å²) in [5.41, 5.74) is 1.25. The van der Waals surface area contributed by atoms with Gasteiger partial charge in [-0.1, -0.05) is 6.92 Å². The molecule has 0 spiro atoms. The summed E-state index contributed by atoms with van der Waals surface area (Å²) >= 11 is 0. The van der Waals surface area contributed by atoms with E-state index in [1.54, 1.807) is 52.0 Å². The molecule has 0 saturated carbocycles. The fourth-order valence-electron chi connectivity index (χ4n) is 7.60. The van der Waals surface area contributed by atoms with Gasteiger partial charge in [-0.25, -0.2) is 9.59 Å². The van der Waals surface area contributed by atoms with Crippen molar-refractivity contribution in [1.29, 1.82) is 0 Å². The van der Waals surface area contributed by atoms with Crippen LogP contribution in [0.3, 0.4) is 0 Å². The quantitative estimate of drug-likeness (QED) is 0.315. The molecule has 0 unspecified atom stereocenters. The molecule has 3 aliphatic heterocycles. The van der Waals surface area contributed by atoms with Crippen molar-refractivity contribution in [3.05, 3.63) is 80.6 Å². The fourth-order valence-corrected chi connectivity index (χ4v) is 7.60. The van der Waals surface area contributed by atoms with E-state index in [9.17, 15) is 24.9 Å². The molecule has 0 aliphatic carbocycles. The monoisotopic (exact) mass is 602 g/mol. The highest BCUT2D eigenvalue weighted by atomic mass is 16.7. The normalized spacial score (nSPS) is 24.3. The van der Waals surface area contributed by atoms with Gasteiger partial charge in [-0.2, -0.15) is 0 Å². The maximum Gasteiger partial charge on any atom is 0.341 e. The number of esters is 2. The number of hydrogen-bond donors (Lipinski definition) is 3. The smallest absolute Gasteiger partial charge is 0.341 e. The Balaban J connectivity index is 1.74. The van der Waals surface area contributed by atoms with Gasteiger partial charge in [0, 0.05) is 34.9 Å². The van der Waals surface area contributed by atoms with Crippen molar-refractivity contribution in [2.75, 3.05) is 14.2 Å². The van der Waals surface area contributed by atoms with E-state index < -0.39 is 35.0 Å². The zero-order valence-electron chi connectivity index (χ0n) is 25.7. The van der Waals surface area contributed by atoms with Gasteiger partial charge in [-0.15, -0.1) is 0 Å². The van der Waals surface area contributed by atoms with Crippen LogP contribution in [0.1, 0.15) is 80.8 Å². The first-order valence-electron chi connectivity index (χ1n) is 14.2. The number of phenols is 3. The van der Waals surface area contributed by atoms with Gasteiger partial charge < -0.3 is 39.0 Å². The third kappa shape index (κ3) is 3.86. The predicted molar refractivity (Wildman–Crippen MR) is 158 cm³/mol. The molecular formula is C34H34O10. The molecule has 6 rings (SSSR count). The molecule has 230 valence electrons. The van der Waals surface area contributed by atoms with E-state index in [0.29, 0.717) is 33.9 Å². The number of phenolic OH excluding ortho intramolecular Hbond substituents is 3. The Morgan fingerprint density at radius 2 is 1.32 bits per heavy atom. The first-order chi connectivity index (χ1) is 20.7. The molecule has 4 atom stereocenters. The minimum absolute atomic E-state index is 0.0206. The molecule has 3 N–H and O–H groups in total. The van der Waals surface area contributed by atoms with E-state index in [-0.39, 0.29) is 45.3 Å². The van der Waals surface area contributed by atoms with Crippen LogP contribution in [-0.4, -0.2) is 47.3 Å². The molecule has 3 heterocycles. The third-order valence-electron chi connectivity index (χ3n) is 9.11. The topological polar surface area (TPSA) is 141 Å². The van der Waals surface area contributed by atoms with Crippen LogP contribution in [0, 0.1) is 26.7 Å². The second kappa shape index (κ2) is 9.57. The molecule has 0 amide bonds. The molecule has 3 aromatic carbocycles. The second-order valence-electron chi connectivity index (χ2n) is 12.1. The van der Waals surface area contributed by atoms with Crippen LogP contribution < -0.4 is 14.2 Å². The minimum Gasteiger partial charge on any atom is -0.507 e. The van der Waals surface area contributed by atoms with Gasteiger partial charge in [0.15, 0.2) is 0 Å². The van der Waals surface area contributed by atoms with Gasteiger partial charge in [0.25, 0.3) is 5.79 Å². The first-order valence-corrected chi connectivity index (χ1v) is 14.2. The van der Waals surface area contributed by atoms with E-state index in [1.165, 1.54) is 14.2 Å². The molecule has 2 bridgehead atoms. The molecular weight excluding hydrogens is 568 g/mol. The lowest BCUT2D eigenvalue weighted by molar-refractivity contribution is -0.181. The average Bonchev–Trinajstić information content (AvgIpc) is 2.90. The number of aryl methyl sites for hydroxylation is 3. The van der Waals surface area contributed by atoms with Gasteiger partial charge in [-0.3, -0.25) is 0 Å². The van der Waals surface area contributed by atoms with Gasteiger partial charge in [-0.05, 0) is 74.7 Å². The molecule has 10 heteroatoms. The number of carbonyl (C=O) groups excluding carboxylic acids is 2. The van der Waals surface area contributed by atoms with Crippen LogP contribution in [0.25, 0.3) is 0 Å². The summed E-state index contributed by atoms with van der Waals surface area (Å²) < 4.78 is 29.4. The second-order valence-corrected chi connectivity index (χ2v) is 12.1. The lowest BCUT2D eigenvalue weighted by Gasteiger charge is -2.56. The van der Waals surface area contributed by atoms with Crippen LogP contribution >= 0.6 is 0 Å². The average molecular weight is 603 g/mol. The van der Waals surface area contributed by atoms with Crippen molar-refractivity contribution in [3.63, 3.8) is 0 Å². The number of aromatic hydroxyl groups is 3. The first kappa shape index (κ1) is 29.2. The zero-order chi connectivity index (χ0) is 32.0. The number of benzene rings is 3. The summed E-state index contributed by atoms with van der Waals surface area (Å²) in [4.78, 5) is 25.8. The third-order valence-corrected chi connectivity index (χ3v) is 9.11. The van der Waals surface area contributed by atoms with Gasteiger partial charge in [0.1, 0.15) is 45.6 Å².